The zero-order chi connectivity index (χ0) is 16.4. The van der Waals surface area contributed by atoms with E-state index < -0.39 is 0 Å². The first kappa shape index (κ1) is 21.4. The van der Waals surface area contributed by atoms with Gasteiger partial charge in [-0.05, 0) is 24.9 Å². The molecule has 2 N–H and O–H groups in total. The molecule has 2 amide bonds. The highest BCUT2D eigenvalue weighted by atomic mass is 35.5. The molecular formula is C17H28ClN3O2. The second-order valence-corrected chi connectivity index (χ2v) is 5.58. The maximum Gasteiger partial charge on any atom is 0.222 e. The van der Waals surface area contributed by atoms with Crippen molar-refractivity contribution in [3.8, 4) is 0 Å². The van der Waals surface area contributed by atoms with E-state index in [1.165, 1.54) is 0 Å². The highest BCUT2D eigenvalue weighted by Crippen LogP contribution is 2.09. The minimum atomic E-state index is 0. The van der Waals surface area contributed by atoms with Crippen LogP contribution in [0.15, 0.2) is 30.3 Å². The smallest absolute Gasteiger partial charge is 0.222 e. The van der Waals surface area contributed by atoms with Crippen LogP contribution in [0.4, 0.5) is 0 Å². The minimum absolute atomic E-state index is 0. The Hall–Kier alpha value is -1.59. The number of halogens is 1. The zero-order valence-electron chi connectivity index (χ0n) is 14.0. The van der Waals surface area contributed by atoms with E-state index in [1.54, 1.807) is 19.0 Å². The molecule has 0 aromatic heterocycles. The Morgan fingerprint density at radius 3 is 2.17 bits per heavy atom. The first-order chi connectivity index (χ1) is 10.5. The van der Waals surface area contributed by atoms with Gasteiger partial charge in [-0.15, -0.1) is 12.4 Å². The van der Waals surface area contributed by atoms with Crippen molar-refractivity contribution in [1.29, 1.82) is 0 Å². The fraction of sp³-hybridized carbons (Fsp3) is 0.529. The fourth-order valence-electron chi connectivity index (χ4n) is 2.15. The Morgan fingerprint density at radius 1 is 1.00 bits per heavy atom. The van der Waals surface area contributed by atoms with Crippen LogP contribution >= 0.6 is 12.4 Å². The molecule has 0 aliphatic carbocycles. The summed E-state index contributed by atoms with van der Waals surface area (Å²) in [5.41, 5.74) is 6.66. The molecule has 0 unspecified atom stereocenters. The molecule has 0 heterocycles. The summed E-state index contributed by atoms with van der Waals surface area (Å²) in [6.45, 7) is 1.82. The summed E-state index contributed by atoms with van der Waals surface area (Å²) in [5.74, 6) is 0.147. The Morgan fingerprint density at radius 2 is 1.61 bits per heavy atom. The third-order valence-corrected chi connectivity index (χ3v) is 3.48. The summed E-state index contributed by atoms with van der Waals surface area (Å²) in [5, 5.41) is 0. The van der Waals surface area contributed by atoms with Gasteiger partial charge < -0.3 is 15.5 Å². The van der Waals surface area contributed by atoms with E-state index in [0.717, 1.165) is 12.0 Å². The SMILES string of the molecule is CN(C)C(=O)CCCC(=O)N(CCCN)Cc1ccccc1.Cl. The minimum Gasteiger partial charge on any atom is -0.349 e. The number of hydrogen-bond donors (Lipinski definition) is 1. The average molecular weight is 342 g/mol. The number of rotatable bonds is 9. The summed E-state index contributed by atoms with van der Waals surface area (Å²) in [4.78, 5) is 27.3. The molecule has 1 aromatic carbocycles. The van der Waals surface area contributed by atoms with E-state index in [1.807, 2.05) is 35.2 Å². The topological polar surface area (TPSA) is 66.6 Å². The zero-order valence-corrected chi connectivity index (χ0v) is 14.8. The second-order valence-electron chi connectivity index (χ2n) is 5.58. The highest BCUT2D eigenvalue weighted by Gasteiger charge is 2.14. The molecule has 0 aliphatic heterocycles. The van der Waals surface area contributed by atoms with Crippen molar-refractivity contribution < 1.29 is 9.59 Å². The van der Waals surface area contributed by atoms with Gasteiger partial charge in [-0.3, -0.25) is 9.59 Å². The van der Waals surface area contributed by atoms with E-state index in [4.69, 9.17) is 5.73 Å². The van der Waals surface area contributed by atoms with Gasteiger partial charge in [0.05, 0.1) is 0 Å². The molecule has 6 heteroatoms. The Bertz CT molecular complexity index is 466. The van der Waals surface area contributed by atoms with Crippen molar-refractivity contribution in [2.75, 3.05) is 27.2 Å². The van der Waals surface area contributed by atoms with E-state index in [0.29, 0.717) is 38.9 Å². The molecule has 1 aromatic rings. The van der Waals surface area contributed by atoms with Gasteiger partial charge in [-0.2, -0.15) is 0 Å². The summed E-state index contributed by atoms with van der Waals surface area (Å²) >= 11 is 0. The fourth-order valence-corrected chi connectivity index (χ4v) is 2.15. The number of hydrogen-bond acceptors (Lipinski definition) is 3. The van der Waals surface area contributed by atoms with Gasteiger partial charge in [0.15, 0.2) is 0 Å². The van der Waals surface area contributed by atoms with Gasteiger partial charge >= 0.3 is 0 Å². The van der Waals surface area contributed by atoms with E-state index in [9.17, 15) is 9.59 Å². The van der Waals surface area contributed by atoms with E-state index in [2.05, 4.69) is 0 Å². The Kier molecular flexibility index (Phi) is 11.1. The molecule has 0 aliphatic rings. The average Bonchev–Trinajstić information content (AvgIpc) is 2.52. The van der Waals surface area contributed by atoms with Crippen molar-refractivity contribution >= 4 is 24.2 Å². The Labute approximate surface area is 145 Å². The van der Waals surface area contributed by atoms with Crippen molar-refractivity contribution in [1.82, 2.24) is 9.80 Å². The van der Waals surface area contributed by atoms with Gasteiger partial charge in [0.25, 0.3) is 0 Å². The van der Waals surface area contributed by atoms with Crippen LogP contribution in [-0.2, 0) is 16.1 Å². The van der Waals surface area contributed by atoms with E-state index >= 15 is 0 Å². The second kappa shape index (κ2) is 11.9. The Balaban J connectivity index is 0.00000484. The van der Waals surface area contributed by atoms with Crippen LogP contribution in [0.25, 0.3) is 0 Å². The maximum absolute atomic E-state index is 12.4. The van der Waals surface area contributed by atoms with Crippen molar-refractivity contribution in [3.05, 3.63) is 35.9 Å². The summed E-state index contributed by atoms with van der Waals surface area (Å²) in [7, 11) is 3.46. The number of nitrogens with zero attached hydrogens (tertiary/aromatic N) is 2. The normalized spacial score (nSPS) is 9.87. The number of carbonyl (C=O) groups is 2. The molecule has 23 heavy (non-hydrogen) atoms. The molecule has 0 radical (unpaired) electrons. The van der Waals surface area contributed by atoms with Gasteiger partial charge in [-0.1, -0.05) is 30.3 Å². The predicted octanol–water partition coefficient (Wildman–Crippen LogP) is 2.04. The van der Waals surface area contributed by atoms with Crippen LogP contribution in [-0.4, -0.2) is 48.8 Å². The quantitative estimate of drug-likeness (QED) is 0.747. The van der Waals surface area contributed by atoms with Gasteiger partial charge in [-0.25, -0.2) is 0 Å². The third-order valence-electron chi connectivity index (χ3n) is 3.48. The molecule has 0 fully saturated rings. The first-order valence-corrected chi connectivity index (χ1v) is 7.76. The van der Waals surface area contributed by atoms with Gasteiger partial charge in [0.2, 0.25) is 11.8 Å². The summed E-state index contributed by atoms with van der Waals surface area (Å²) in [6.07, 6.45) is 2.19. The monoisotopic (exact) mass is 341 g/mol. The van der Waals surface area contributed by atoms with Gasteiger partial charge in [0.1, 0.15) is 0 Å². The van der Waals surface area contributed by atoms with Crippen LogP contribution < -0.4 is 5.73 Å². The number of benzene rings is 1. The van der Waals surface area contributed by atoms with Gasteiger partial charge in [0, 0.05) is 40.0 Å². The maximum atomic E-state index is 12.4. The lowest BCUT2D eigenvalue weighted by Crippen LogP contribution is -2.32. The molecule has 130 valence electrons. The van der Waals surface area contributed by atoms with Crippen LogP contribution in [0.1, 0.15) is 31.2 Å². The van der Waals surface area contributed by atoms with Crippen molar-refractivity contribution in [3.63, 3.8) is 0 Å². The van der Waals surface area contributed by atoms with Crippen molar-refractivity contribution in [2.24, 2.45) is 5.73 Å². The van der Waals surface area contributed by atoms with Crippen LogP contribution in [0.3, 0.4) is 0 Å². The molecule has 1 rings (SSSR count). The standard InChI is InChI=1S/C17H27N3O2.ClH/c1-19(2)16(21)10-6-11-17(22)20(13-7-12-18)14-15-8-4-3-5-9-15;/h3-5,8-9H,6-7,10-14,18H2,1-2H3;1H. The summed E-state index contributed by atoms with van der Waals surface area (Å²) in [6, 6.07) is 9.92. The lowest BCUT2D eigenvalue weighted by atomic mass is 10.1. The largest absolute Gasteiger partial charge is 0.349 e. The molecule has 0 saturated carbocycles. The third kappa shape index (κ3) is 8.57. The molecule has 0 saturated heterocycles. The van der Waals surface area contributed by atoms with Crippen LogP contribution in [0.5, 0.6) is 0 Å². The first-order valence-electron chi connectivity index (χ1n) is 7.76. The number of nitrogens with two attached hydrogens (primary N) is 1. The molecular weight excluding hydrogens is 314 g/mol. The van der Waals surface area contributed by atoms with E-state index in [-0.39, 0.29) is 24.2 Å². The van der Waals surface area contributed by atoms with Crippen LogP contribution in [0.2, 0.25) is 0 Å². The molecule has 0 spiro atoms. The predicted molar refractivity (Wildman–Crippen MR) is 95.3 cm³/mol. The lowest BCUT2D eigenvalue weighted by Gasteiger charge is -2.23. The molecule has 0 atom stereocenters. The number of carbonyl (C=O) groups excluding carboxylic acids is 2. The molecule has 5 nitrogen and oxygen atoms in total. The van der Waals surface area contributed by atoms with Crippen LogP contribution in [0, 0.1) is 0 Å². The number of amides is 2. The lowest BCUT2D eigenvalue weighted by molar-refractivity contribution is -0.132. The highest BCUT2D eigenvalue weighted by molar-refractivity contribution is 5.85. The van der Waals surface area contributed by atoms with Crippen molar-refractivity contribution in [2.45, 2.75) is 32.2 Å². The summed E-state index contributed by atoms with van der Waals surface area (Å²) < 4.78 is 0. The molecule has 0 bridgehead atoms.